The fraction of sp³-hybridized carbons (Fsp3) is 0.176. The van der Waals surface area contributed by atoms with E-state index in [0.29, 0.717) is 0 Å². The van der Waals surface area contributed by atoms with Crippen molar-refractivity contribution in [3.63, 3.8) is 0 Å². The summed E-state index contributed by atoms with van der Waals surface area (Å²) in [6, 6.07) is 14.7. The first-order valence-corrected chi connectivity index (χ1v) is 7.91. The topological polar surface area (TPSA) is 12.0 Å². The Bertz CT molecular complexity index is 664. The molecule has 0 fully saturated rings. The number of fused-ring (bicyclic) bond motifs is 2. The molecule has 2 aromatic carbocycles. The van der Waals surface area contributed by atoms with Gasteiger partial charge in [-0.05, 0) is 61.0 Å². The van der Waals surface area contributed by atoms with Crippen LogP contribution in [-0.2, 0) is 0 Å². The lowest BCUT2D eigenvalue weighted by atomic mass is 9.96. The highest BCUT2D eigenvalue weighted by Crippen LogP contribution is 2.45. The molecule has 0 spiro atoms. The lowest BCUT2D eigenvalue weighted by Gasteiger charge is -2.22. The zero-order valence-corrected chi connectivity index (χ0v) is 12.9. The maximum Gasteiger partial charge on any atom is 0.0412 e. The molecule has 0 aliphatic carbocycles. The fourth-order valence-corrected chi connectivity index (χ4v) is 3.68. The molecule has 0 saturated heterocycles. The van der Waals surface area contributed by atoms with E-state index in [0.717, 1.165) is 18.0 Å². The van der Waals surface area contributed by atoms with Crippen molar-refractivity contribution in [2.24, 2.45) is 0 Å². The van der Waals surface area contributed by atoms with Gasteiger partial charge in [0.1, 0.15) is 0 Å². The number of hydrogen-bond acceptors (Lipinski definition) is 2. The first kappa shape index (κ1) is 13.7. The van der Waals surface area contributed by atoms with Crippen LogP contribution in [0.25, 0.3) is 5.57 Å². The van der Waals surface area contributed by atoms with Gasteiger partial charge in [-0.2, -0.15) is 0 Å². The molecule has 2 aromatic rings. The van der Waals surface area contributed by atoms with Crippen LogP contribution < -0.4 is 5.32 Å². The zero-order chi connectivity index (χ0) is 13.9. The van der Waals surface area contributed by atoms with Crippen LogP contribution in [0.1, 0.15) is 17.5 Å². The summed E-state index contributed by atoms with van der Waals surface area (Å²) in [4.78, 5) is 2.60. The van der Waals surface area contributed by atoms with E-state index in [2.05, 4.69) is 47.8 Å². The highest BCUT2D eigenvalue weighted by molar-refractivity contribution is 7.99. The second kappa shape index (κ2) is 6.04. The molecule has 0 saturated carbocycles. The number of halogens is 1. The van der Waals surface area contributed by atoms with E-state index in [9.17, 15) is 0 Å². The maximum atomic E-state index is 6.18. The molecule has 20 heavy (non-hydrogen) atoms. The van der Waals surface area contributed by atoms with Gasteiger partial charge in [0.15, 0.2) is 0 Å². The minimum atomic E-state index is 0.795. The largest absolute Gasteiger partial charge is 0.319 e. The summed E-state index contributed by atoms with van der Waals surface area (Å²) in [6.45, 7) is 0.981. The predicted molar refractivity (Wildman–Crippen MR) is 87.6 cm³/mol. The van der Waals surface area contributed by atoms with Gasteiger partial charge in [-0.1, -0.05) is 47.6 Å². The molecule has 102 valence electrons. The molecule has 0 amide bonds. The van der Waals surface area contributed by atoms with E-state index in [-0.39, 0.29) is 0 Å². The van der Waals surface area contributed by atoms with Crippen molar-refractivity contribution >= 4 is 28.9 Å². The molecule has 3 heteroatoms. The standard InChI is InChI=1S/C17H16ClNS/c1-19-10-4-6-13-14-5-2-3-7-16(14)20-17-9-8-12(18)11-15(13)17/h2-3,5-9,11,19H,4,10H2,1H3/b13-6-. The summed E-state index contributed by atoms with van der Waals surface area (Å²) in [5.41, 5.74) is 3.85. The smallest absolute Gasteiger partial charge is 0.0412 e. The van der Waals surface area contributed by atoms with Crippen LogP contribution >= 0.6 is 23.4 Å². The molecule has 1 aliphatic heterocycles. The second-order valence-electron chi connectivity index (χ2n) is 4.75. The maximum absolute atomic E-state index is 6.18. The molecular weight excluding hydrogens is 286 g/mol. The lowest BCUT2D eigenvalue weighted by molar-refractivity contribution is 0.808. The monoisotopic (exact) mass is 301 g/mol. The zero-order valence-electron chi connectivity index (χ0n) is 11.3. The first-order chi connectivity index (χ1) is 9.79. The fourth-order valence-electron chi connectivity index (χ4n) is 2.42. The minimum Gasteiger partial charge on any atom is -0.319 e. The van der Waals surface area contributed by atoms with Gasteiger partial charge in [0.2, 0.25) is 0 Å². The van der Waals surface area contributed by atoms with Crippen molar-refractivity contribution in [1.82, 2.24) is 5.32 Å². The molecule has 3 rings (SSSR count). The average molecular weight is 302 g/mol. The van der Waals surface area contributed by atoms with Crippen molar-refractivity contribution in [3.8, 4) is 0 Å². The van der Waals surface area contributed by atoms with Gasteiger partial charge < -0.3 is 5.32 Å². The Morgan fingerprint density at radius 1 is 1.10 bits per heavy atom. The van der Waals surface area contributed by atoms with E-state index in [4.69, 9.17) is 11.6 Å². The van der Waals surface area contributed by atoms with Crippen molar-refractivity contribution in [2.75, 3.05) is 13.6 Å². The average Bonchev–Trinajstić information content (AvgIpc) is 2.47. The highest BCUT2D eigenvalue weighted by Gasteiger charge is 2.20. The van der Waals surface area contributed by atoms with Gasteiger partial charge >= 0.3 is 0 Å². The molecule has 1 heterocycles. The third kappa shape index (κ3) is 2.64. The highest BCUT2D eigenvalue weighted by atomic mass is 35.5. The Hall–Kier alpha value is -1.22. The van der Waals surface area contributed by atoms with Gasteiger partial charge in [-0.15, -0.1) is 0 Å². The van der Waals surface area contributed by atoms with Crippen LogP contribution in [0.3, 0.4) is 0 Å². The van der Waals surface area contributed by atoms with Crippen molar-refractivity contribution < 1.29 is 0 Å². The number of benzene rings is 2. The van der Waals surface area contributed by atoms with Crippen LogP contribution in [0.15, 0.2) is 58.3 Å². The van der Waals surface area contributed by atoms with Crippen LogP contribution in [-0.4, -0.2) is 13.6 Å². The van der Waals surface area contributed by atoms with Gasteiger partial charge in [0.25, 0.3) is 0 Å². The van der Waals surface area contributed by atoms with Crippen molar-refractivity contribution in [2.45, 2.75) is 16.2 Å². The van der Waals surface area contributed by atoms with Gasteiger partial charge in [-0.25, -0.2) is 0 Å². The van der Waals surface area contributed by atoms with Crippen LogP contribution in [0, 0.1) is 0 Å². The lowest BCUT2D eigenvalue weighted by Crippen LogP contribution is -2.07. The molecule has 0 unspecified atom stereocenters. The summed E-state index contributed by atoms with van der Waals surface area (Å²) in [6.07, 6.45) is 3.32. The number of rotatable bonds is 3. The van der Waals surface area contributed by atoms with Crippen LogP contribution in [0.2, 0.25) is 5.02 Å². The summed E-state index contributed by atoms with van der Waals surface area (Å²) in [7, 11) is 1.98. The third-order valence-electron chi connectivity index (χ3n) is 3.37. The normalized spacial score (nSPS) is 15.0. The van der Waals surface area contributed by atoms with E-state index >= 15 is 0 Å². The molecule has 0 atom stereocenters. The molecule has 0 bridgehead atoms. The SMILES string of the molecule is CNCC/C=C1/c2ccccc2Sc2ccc(Cl)cc21. The summed E-state index contributed by atoms with van der Waals surface area (Å²) in [5.74, 6) is 0. The van der Waals surface area contributed by atoms with Crippen molar-refractivity contribution in [3.05, 3.63) is 64.7 Å². The van der Waals surface area contributed by atoms with Crippen LogP contribution in [0.5, 0.6) is 0 Å². The Balaban J connectivity index is 2.11. The minimum absolute atomic E-state index is 0.795. The van der Waals surface area contributed by atoms with Gasteiger partial charge in [0, 0.05) is 14.8 Å². The Morgan fingerprint density at radius 3 is 2.75 bits per heavy atom. The molecule has 0 radical (unpaired) electrons. The van der Waals surface area contributed by atoms with E-state index < -0.39 is 0 Å². The number of nitrogens with one attached hydrogen (secondary N) is 1. The van der Waals surface area contributed by atoms with Crippen molar-refractivity contribution in [1.29, 1.82) is 0 Å². The third-order valence-corrected chi connectivity index (χ3v) is 4.76. The number of hydrogen-bond donors (Lipinski definition) is 1. The summed E-state index contributed by atoms with van der Waals surface area (Å²) < 4.78 is 0. The Kier molecular flexibility index (Phi) is 4.16. The molecular formula is C17H16ClNS. The molecule has 1 aliphatic rings. The predicted octanol–water partition coefficient (Wildman–Crippen LogP) is 4.85. The Labute approximate surface area is 129 Å². The molecule has 1 N–H and O–H groups in total. The van der Waals surface area contributed by atoms with Crippen LogP contribution in [0.4, 0.5) is 0 Å². The quantitative estimate of drug-likeness (QED) is 0.694. The van der Waals surface area contributed by atoms with Gasteiger partial charge in [0.05, 0.1) is 0 Å². The van der Waals surface area contributed by atoms with Gasteiger partial charge in [-0.3, -0.25) is 0 Å². The molecule has 0 aromatic heterocycles. The molecule has 1 nitrogen and oxygen atoms in total. The van der Waals surface area contributed by atoms with E-state index in [1.54, 1.807) is 0 Å². The summed E-state index contributed by atoms with van der Waals surface area (Å²) >= 11 is 8.00. The van der Waals surface area contributed by atoms with E-state index in [1.165, 1.54) is 26.5 Å². The first-order valence-electron chi connectivity index (χ1n) is 6.71. The Morgan fingerprint density at radius 2 is 1.90 bits per heavy atom. The second-order valence-corrected chi connectivity index (χ2v) is 6.27. The summed E-state index contributed by atoms with van der Waals surface area (Å²) in [5, 5.41) is 3.99. The van der Waals surface area contributed by atoms with E-state index in [1.807, 2.05) is 24.9 Å².